The Morgan fingerprint density at radius 3 is 2.92 bits per heavy atom. The van der Waals surface area contributed by atoms with Crippen LogP contribution < -0.4 is 5.32 Å². The molecule has 1 aromatic heterocycles. The topological polar surface area (TPSA) is 56.1 Å². The van der Waals surface area contributed by atoms with E-state index < -0.39 is 5.82 Å². The van der Waals surface area contributed by atoms with Crippen LogP contribution in [0, 0.1) is 11.7 Å². The first-order chi connectivity index (χ1) is 12.0. The second-order valence-electron chi connectivity index (χ2n) is 6.76. The van der Waals surface area contributed by atoms with Gasteiger partial charge in [0.1, 0.15) is 11.5 Å². The van der Waals surface area contributed by atoms with Gasteiger partial charge in [0.2, 0.25) is 5.91 Å². The van der Waals surface area contributed by atoms with E-state index in [4.69, 9.17) is 16.3 Å². The predicted molar refractivity (Wildman–Crippen MR) is 91.1 cm³/mol. The second-order valence-corrected chi connectivity index (χ2v) is 7.20. The number of carbonyl (C=O) groups excluding carboxylic acids is 1. The van der Waals surface area contributed by atoms with Crippen molar-refractivity contribution in [2.75, 3.05) is 0 Å². The van der Waals surface area contributed by atoms with Crippen LogP contribution in [-0.2, 0) is 9.53 Å². The minimum atomic E-state index is -0.415. The van der Waals surface area contributed by atoms with Gasteiger partial charge in [-0.05, 0) is 43.9 Å². The van der Waals surface area contributed by atoms with Crippen LogP contribution in [0.15, 0.2) is 30.6 Å². The Kier molecular flexibility index (Phi) is 4.25. The number of carbonyl (C=O) groups is 1. The predicted octanol–water partition coefficient (Wildman–Crippen LogP) is 3.41. The van der Waals surface area contributed by atoms with Gasteiger partial charge in [-0.3, -0.25) is 4.79 Å². The van der Waals surface area contributed by atoms with E-state index >= 15 is 0 Å². The average molecular weight is 364 g/mol. The molecule has 1 N–H and O–H groups in total. The van der Waals surface area contributed by atoms with Crippen molar-refractivity contribution >= 4 is 17.5 Å². The third-order valence-electron chi connectivity index (χ3n) is 5.07. The molecule has 1 unspecified atom stereocenters. The molecule has 2 saturated heterocycles. The van der Waals surface area contributed by atoms with Gasteiger partial charge in [0.05, 0.1) is 35.4 Å². The van der Waals surface area contributed by atoms with Crippen LogP contribution in [0.25, 0.3) is 5.69 Å². The van der Waals surface area contributed by atoms with Gasteiger partial charge >= 0.3 is 0 Å². The number of rotatable bonds is 4. The Morgan fingerprint density at radius 2 is 2.32 bits per heavy atom. The fourth-order valence-corrected chi connectivity index (χ4v) is 3.86. The summed E-state index contributed by atoms with van der Waals surface area (Å²) in [4.78, 5) is 12.5. The minimum Gasteiger partial charge on any atom is -0.374 e. The van der Waals surface area contributed by atoms with E-state index in [2.05, 4.69) is 10.4 Å². The molecule has 1 amide bonds. The molecule has 2 aliphatic rings. The van der Waals surface area contributed by atoms with Crippen LogP contribution in [-0.4, -0.2) is 27.9 Å². The Bertz CT molecular complexity index is 809. The number of hydrogen-bond acceptors (Lipinski definition) is 3. The van der Waals surface area contributed by atoms with Gasteiger partial charge < -0.3 is 10.1 Å². The summed E-state index contributed by atoms with van der Waals surface area (Å²) in [6, 6.07) is 4.57. The summed E-state index contributed by atoms with van der Waals surface area (Å²) in [5, 5.41) is 7.43. The maximum absolute atomic E-state index is 14.4. The normalized spacial score (nSPS) is 26.0. The number of nitrogens with zero attached hydrogens (tertiary/aromatic N) is 2. The number of nitrogens with one attached hydrogen (secondary N) is 1. The molecular weight excluding hydrogens is 345 g/mol. The Morgan fingerprint density at radius 1 is 1.48 bits per heavy atom. The molecule has 0 spiro atoms. The molecule has 2 aromatic rings. The monoisotopic (exact) mass is 363 g/mol. The number of amides is 1. The average Bonchev–Trinajstić information content (AvgIpc) is 3.31. The number of benzene rings is 1. The third-order valence-corrected chi connectivity index (χ3v) is 5.27. The van der Waals surface area contributed by atoms with E-state index in [0.29, 0.717) is 16.3 Å². The highest BCUT2D eigenvalue weighted by Crippen LogP contribution is 2.39. The second kappa shape index (κ2) is 6.42. The van der Waals surface area contributed by atoms with E-state index in [1.165, 1.54) is 16.9 Å². The van der Waals surface area contributed by atoms with Gasteiger partial charge in [0.25, 0.3) is 0 Å². The highest BCUT2D eigenvalue weighted by Gasteiger charge is 2.44. The van der Waals surface area contributed by atoms with E-state index in [1.807, 2.05) is 6.92 Å². The summed E-state index contributed by atoms with van der Waals surface area (Å²) >= 11 is 5.83. The molecule has 2 bridgehead atoms. The van der Waals surface area contributed by atoms with Crippen LogP contribution >= 0.6 is 11.6 Å². The van der Waals surface area contributed by atoms with Crippen LogP contribution in [0.5, 0.6) is 0 Å². The molecule has 2 aliphatic heterocycles. The van der Waals surface area contributed by atoms with Crippen molar-refractivity contribution in [2.45, 2.75) is 44.4 Å². The first-order valence-electron chi connectivity index (χ1n) is 8.47. The van der Waals surface area contributed by atoms with Crippen molar-refractivity contribution in [3.05, 3.63) is 47.0 Å². The fourth-order valence-electron chi connectivity index (χ4n) is 3.73. The molecule has 3 heterocycles. The molecule has 4 atom stereocenters. The lowest BCUT2D eigenvalue weighted by atomic mass is 9.88. The van der Waals surface area contributed by atoms with E-state index in [-0.39, 0.29) is 30.1 Å². The molecule has 0 saturated carbocycles. The molecule has 7 heteroatoms. The zero-order valence-corrected chi connectivity index (χ0v) is 14.5. The molecule has 5 nitrogen and oxygen atoms in total. The zero-order chi connectivity index (χ0) is 17.6. The maximum Gasteiger partial charge on any atom is 0.226 e. The smallest absolute Gasteiger partial charge is 0.226 e. The molecular formula is C18H19ClFN3O2. The lowest BCUT2D eigenvalue weighted by molar-refractivity contribution is -0.127. The quantitative estimate of drug-likeness (QED) is 0.905. The van der Waals surface area contributed by atoms with Crippen molar-refractivity contribution in [1.82, 2.24) is 15.1 Å². The Labute approximate surface area is 150 Å². The molecule has 132 valence electrons. The van der Waals surface area contributed by atoms with Gasteiger partial charge in [-0.2, -0.15) is 5.10 Å². The summed E-state index contributed by atoms with van der Waals surface area (Å²) in [6.07, 6.45) is 6.06. The Hall–Kier alpha value is -1.92. The van der Waals surface area contributed by atoms with Crippen LogP contribution in [0.2, 0.25) is 5.02 Å². The molecule has 2 fully saturated rings. The van der Waals surface area contributed by atoms with E-state index in [0.717, 1.165) is 19.3 Å². The first-order valence-corrected chi connectivity index (χ1v) is 8.85. The summed E-state index contributed by atoms with van der Waals surface area (Å²) in [5.74, 6) is -0.513. The summed E-state index contributed by atoms with van der Waals surface area (Å²) < 4.78 is 21.6. The molecule has 4 rings (SSSR count). The molecule has 1 aromatic carbocycles. The SMILES string of the molecule is CC(NC(=O)[C@@H]1C[C@H]2CC[C@@H]1O2)c1ccc(-n2cc(Cl)cn2)c(F)c1. The van der Waals surface area contributed by atoms with Crippen molar-refractivity contribution in [3.8, 4) is 5.69 Å². The van der Waals surface area contributed by atoms with Crippen LogP contribution in [0.3, 0.4) is 0 Å². The molecule has 0 aliphatic carbocycles. The van der Waals surface area contributed by atoms with Gasteiger partial charge in [0.15, 0.2) is 0 Å². The lowest BCUT2D eigenvalue weighted by Crippen LogP contribution is -2.37. The van der Waals surface area contributed by atoms with E-state index in [1.54, 1.807) is 18.3 Å². The van der Waals surface area contributed by atoms with Gasteiger partial charge in [-0.1, -0.05) is 17.7 Å². The van der Waals surface area contributed by atoms with Gasteiger partial charge in [0, 0.05) is 6.20 Å². The number of hydrogen-bond donors (Lipinski definition) is 1. The number of halogens is 2. The number of aromatic nitrogens is 2. The van der Waals surface area contributed by atoms with Crippen molar-refractivity contribution in [2.24, 2.45) is 5.92 Å². The van der Waals surface area contributed by atoms with Crippen molar-refractivity contribution < 1.29 is 13.9 Å². The summed E-state index contributed by atoms with van der Waals surface area (Å²) in [6.45, 7) is 1.85. The number of fused-ring (bicyclic) bond motifs is 2. The minimum absolute atomic E-state index is 0.0111. The molecule has 0 radical (unpaired) electrons. The summed E-state index contributed by atoms with van der Waals surface area (Å²) in [7, 11) is 0. The fraction of sp³-hybridized carbons (Fsp3) is 0.444. The zero-order valence-electron chi connectivity index (χ0n) is 13.8. The number of ether oxygens (including phenoxy) is 1. The maximum atomic E-state index is 14.4. The molecule has 25 heavy (non-hydrogen) atoms. The highest BCUT2D eigenvalue weighted by molar-refractivity contribution is 6.30. The largest absolute Gasteiger partial charge is 0.374 e. The lowest BCUT2D eigenvalue weighted by Gasteiger charge is -2.21. The Balaban J connectivity index is 1.46. The van der Waals surface area contributed by atoms with Gasteiger partial charge in [-0.25, -0.2) is 9.07 Å². The highest BCUT2D eigenvalue weighted by atomic mass is 35.5. The van der Waals surface area contributed by atoms with E-state index in [9.17, 15) is 9.18 Å². The standard InChI is InChI=1S/C18H19ClFN3O2/c1-10(22-18(24)14-7-13-3-5-17(14)25-13)11-2-4-16(15(20)6-11)23-9-12(19)8-21-23/h2,4,6,8-10,13-14,17H,3,5,7H2,1H3,(H,22,24)/t10?,13-,14-,17+/m1/s1. The first kappa shape index (κ1) is 16.5. The van der Waals surface area contributed by atoms with Crippen molar-refractivity contribution in [3.63, 3.8) is 0 Å². The van der Waals surface area contributed by atoms with Crippen molar-refractivity contribution in [1.29, 1.82) is 0 Å². The van der Waals surface area contributed by atoms with Crippen LogP contribution in [0.4, 0.5) is 4.39 Å². The van der Waals surface area contributed by atoms with Crippen LogP contribution in [0.1, 0.15) is 37.8 Å². The summed E-state index contributed by atoms with van der Waals surface area (Å²) in [5.41, 5.74) is 1.02. The third kappa shape index (κ3) is 3.16. The van der Waals surface area contributed by atoms with Gasteiger partial charge in [-0.15, -0.1) is 0 Å².